The molecule has 0 aliphatic carbocycles. The summed E-state index contributed by atoms with van der Waals surface area (Å²) >= 11 is 0. The van der Waals surface area contributed by atoms with Crippen molar-refractivity contribution < 1.29 is 0 Å². The number of nitrogens with zero attached hydrogens (tertiary/aromatic N) is 2. The number of benzene rings is 1. The van der Waals surface area contributed by atoms with Gasteiger partial charge in [-0.1, -0.05) is 0 Å². The Balaban J connectivity index is 1.60. The highest BCUT2D eigenvalue weighted by Crippen LogP contribution is 2.23. The summed E-state index contributed by atoms with van der Waals surface area (Å²) in [6.45, 7) is 4.82. The lowest BCUT2D eigenvalue weighted by Crippen LogP contribution is -2.23. The normalized spacial score (nSPS) is 24.7. The van der Waals surface area contributed by atoms with E-state index in [1.54, 1.807) is 0 Å². The van der Waals surface area contributed by atoms with Crippen molar-refractivity contribution in [3.8, 4) is 0 Å². The van der Waals surface area contributed by atoms with Gasteiger partial charge in [0.15, 0.2) is 0 Å². The monoisotopic (exact) mass is 245 g/mol. The molecule has 0 saturated carbocycles. The zero-order chi connectivity index (χ0) is 12.4. The van der Waals surface area contributed by atoms with Crippen LogP contribution in [0.25, 0.3) is 0 Å². The van der Waals surface area contributed by atoms with Crippen molar-refractivity contribution >= 4 is 11.4 Å². The highest BCUT2D eigenvalue weighted by atomic mass is 15.2. The van der Waals surface area contributed by atoms with E-state index < -0.39 is 0 Å². The fourth-order valence-corrected chi connectivity index (χ4v) is 3.03. The average Bonchev–Trinajstić information content (AvgIpc) is 3.02. The lowest BCUT2D eigenvalue weighted by molar-refractivity contribution is 0.414. The van der Waals surface area contributed by atoms with Gasteiger partial charge in [0.2, 0.25) is 0 Å². The van der Waals surface area contributed by atoms with Gasteiger partial charge >= 0.3 is 0 Å². The highest BCUT2D eigenvalue weighted by Gasteiger charge is 2.19. The minimum Gasteiger partial charge on any atom is -0.381 e. The number of anilines is 2. The number of hydrogen-bond donors (Lipinski definition) is 1. The molecule has 2 fully saturated rings. The molecule has 1 atom stereocenters. The highest BCUT2D eigenvalue weighted by molar-refractivity contribution is 5.55. The van der Waals surface area contributed by atoms with Gasteiger partial charge in [-0.3, -0.25) is 0 Å². The van der Waals surface area contributed by atoms with Gasteiger partial charge in [-0.05, 0) is 57.1 Å². The van der Waals surface area contributed by atoms with Gasteiger partial charge in [0.25, 0.3) is 0 Å². The molecule has 3 nitrogen and oxygen atoms in total. The lowest BCUT2D eigenvalue weighted by Gasteiger charge is -2.19. The predicted molar refractivity (Wildman–Crippen MR) is 77.4 cm³/mol. The van der Waals surface area contributed by atoms with Gasteiger partial charge in [0.05, 0.1) is 0 Å². The second-order valence-electron chi connectivity index (χ2n) is 5.63. The molecule has 0 amide bonds. The molecular weight excluding hydrogens is 222 g/mol. The molecule has 2 heterocycles. The largest absolute Gasteiger partial charge is 0.381 e. The second kappa shape index (κ2) is 5.19. The Kier molecular flexibility index (Phi) is 3.41. The Morgan fingerprint density at radius 2 is 1.78 bits per heavy atom. The number of hydrogen-bond acceptors (Lipinski definition) is 3. The number of rotatable bonds is 3. The van der Waals surface area contributed by atoms with E-state index in [4.69, 9.17) is 0 Å². The van der Waals surface area contributed by atoms with Gasteiger partial charge in [-0.2, -0.15) is 0 Å². The third-order valence-electron chi connectivity index (χ3n) is 4.10. The van der Waals surface area contributed by atoms with E-state index in [-0.39, 0.29) is 0 Å². The molecular formula is C15H23N3. The van der Waals surface area contributed by atoms with Crippen LogP contribution >= 0.6 is 0 Å². The van der Waals surface area contributed by atoms with Crippen LogP contribution in [0.15, 0.2) is 24.3 Å². The van der Waals surface area contributed by atoms with E-state index in [0.29, 0.717) is 6.04 Å². The van der Waals surface area contributed by atoms with Crippen LogP contribution in [0.2, 0.25) is 0 Å². The first-order chi connectivity index (χ1) is 8.81. The quantitative estimate of drug-likeness (QED) is 0.882. The summed E-state index contributed by atoms with van der Waals surface area (Å²) in [4.78, 5) is 4.86. The molecule has 0 aromatic heterocycles. The van der Waals surface area contributed by atoms with E-state index in [0.717, 1.165) is 6.54 Å². The van der Waals surface area contributed by atoms with Crippen molar-refractivity contribution in [1.29, 1.82) is 0 Å². The maximum atomic E-state index is 3.63. The molecule has 3 rings (SSSR count). The van der Waals surface area contributed by atoms with Crippen molar-refractivity contribution in [1.82, 2.24) is 4.90 Å². The first-order valence-electron chi connectivity index (χ1n) is 7.11. The van der Waals surface area contributed by atoms with Crippen LogP contribution in [0.5, 0.6) is 0 Å². The Morgan fingerprint density at radius 1 is 1.06 bits per heavy atom. The van der Waals surface area contributed by atoms with Gasteiger partial charge in [-0.25, -0.2) is 0 Å². The zero-order valence-corrected chi connectivity index (χ0v) is 11.2. The van der Waals surface area contributed by atoms with E-state index in [9.17, 15) is 0 Å². The summed E-state index contributed by atoms with van der Waals surface area (Å²) in [7, 11) is 2.19. The van der Waals surface area contributed by atoms with Crippen molar-refractivity contribution in [2.24, 2.45) is 0 Å². The number of likely N-dealkylation sites (tertiary alicyclic amines) is 1. The van der Waals surface area contributed by atoms with Gasteiger partial charge in [0, 0.05) is 37.1 Å². The molecule has 98 valence electrons. The summed E-state index contributed by atoms with van der Waals surface area (Å²) in [6.07, 6.45) is 3.94. The maximum Gasteiger partial charge on any atom is 0.0400 e. The zero-order valence-electron chi connectivity index (χ0n) is 11.2. The van der Waals surface area contributed by atoms with E-state index in [1.807, 2.05) is 0 Å². The van der Waals surface area contributed by atoms with Gasteiger partial charge in [-0.15, -0.1) is 0 Å². The third kappa shape index (κ3) is 2.61. The summed E-state index contributed by atoms with van der Waals surface area (Å²) in [6, 6.07) is 9.59. The SMILES string of the molecule is CN1CCC(Nc2ccc(N3CCCC3)cc2)C1. The van der Waals surface area contributed by atoms with Crippen molar-refractivity contribution in [2.45, 2.75) is 25.3 Å². The fraction of sp³-hybridized carbons (Fsp3) is 0.600. The summed E-state index contributed by atoms with van der Waals surface area (Å²) in [5.74, 6) is 0. The summed E-state index contributed by atoms with van der Waals surface area (Å²) in [5, 5.41) is 3.63. The minimum absolute atomic E-state index is 0.618. The van der Waals surface area contributed by atoms with Gasteiger partial charge < -0.3 is 15.1 Å². The lowest BCUT2D eigenvalue weighted by atomic mass is 10.2. The molecule has 1 unspecified atom stereocenters. The number of nitrogens with one attached hydrogen (secondary N) is 1. The molecule has 2 aliphatic heterocycles. The third-order valence-corrected chi connectivity index (χ3v) is 4.10. The number of likely N-dealkylation sites (N-methyl/N-ethyl adjacent to an activating group) is 1. The Morgan fingerprint density at radius 3 is 2.39 bits per heavy atom. The molecule has 1 N–H and O–H groups in total. The first kappa shape index (κ1) is 11.8. The minimum atomic E-state index is 0.618. The predicted octanol–water partition coefficient (Wildman–Crippen LogP) is 2.40. The van der Waals surface area contributed by atoms with E-state index in [1.165, 1.54) is 50.3 Å². The standard InChI is InChI=1S/C15H23N3/c1-17-11-8-14(12-17)16-13-4-6-15(7-5-13)18-9-2-3-10-18/h4-7,14,16H,2-3,8-12H2,1H3. The second-order valence-corrected chi connectivity index (χ2v) is 5.63. The van der Waals surface area contributed by atoms with E-state index in [2.05, 4.69) is 46.4 Å². The van der Waals surface area contributed by atoms with Crippen LogP contribution in [0.1, 0.15) is 19.3 Å². The molecule has 2 saturated heterocycles. The first-order valence-corrected chi connectivity index (χ1v) is 7.11. The van der Waals surface area contributed by atoms with Crippen LogP contribution < -0.4 is 10.2 Å². The molecule has 1 aromatic rings. The molecule has 0 radical (unpaired) electrons. The molecule has 2 aliphatic rings. The molecule has 0 spiro atoms. The van der Waals surface area contributed by atoms with Crippen molar-refractivity contribution in [3.63, 3.8) is 0 Å². The van der Waals surface area contributed by atoms with Crippen LogP contribution in [0, 0.1) is 0 Å². The summed E-state index contributed by atoms with van der Waals surface area (Å²) < 4.78 is 0. The Labute approximate surface area is 110 Å². The Bertz CT molecular complexity index is 381. The van der Waals surface area contributed by atoms with Crippen LogP contribution in [-0.2, 0) is 0 Å². The van der Waals surface area contributed by atoms with Gasteiger partial charge in [0.1, 0.15) is 0 Å². The molecule has 1 aromatic carbocycles. The molecule has 18 heavy (non-hydrogen) atoms. The smallest absolute Gasteiger partial charge is 0.0400 e. The van der Waals surface area contributed by atoms with Crippen LogP contribution in [-0.4, -0.2) is 44.2 Å². The van der Waals surface area contributed by atoms with Crippen LogP contribution in [0.4, 0.5) is 11.4 Å². The van der Waals surface area contributed by atoms with Crippen LogP contribution in [0.3, 0.4) is 0 Å². The fourth-order valence-electron chi connectivity index (χ4n) is 3.03. The van der Waals surface area contributed by atoms with E-state index >= 15 is 0 Å². The molecule has 3 heteroatoms. The van der Waals surface area contributed by atoms with Crippen molar-refractivity contribution in [3.05, 3.63) is 24.3 Å². The average molecular weight is 245 g/mol. The molecule has 0 bridgehead atoms. The topological polar surface area (TPSA) is 18.5 Å². The van der Waals surface area contributed by atoms with Crippen molar-refractivity contribution in [2.75, 3.05) is 43.4 Å². The maximum absolute atomic E-state index is 3.63. The Hall–Kier alpha value is -1.22. The summed E-state index contributed by atoms with van der Waals surface area (Å²) in [5.41, 5.74) is 2.64.